The number of likely N-dealkylation sites (tertiary alicyclic amines) is 1. The predicted molar refractivity (Wildman–Crippen MR) is 70.1 cm³/mol. The average Bonchev–Trinajstić information content (AvgIpc) is 2.41. The SMILES string of the molecule is CC1CCN(CCC(=O)c2cccc(F)c2F)CC1. The van der Waals surface area contributed by atoms with Crippen LogP contribution in [-0.2, 0) is 0 Å². The third-order valence-electron chi connectivity index (χ3n) is 3.78. The van der Waals surface area contributed by atoms with Crippen molar-refractivity contribution in [1.82, 2.24) is 4.90 Å². The Morgan fingerprint density at radius 3 is 2.68 bits per heavy atom. The fourth-order valence-electron chi connectivity index (χ4n) is 2.40. The molecule has 1 aliphatic rings. The van der Waals surface area contributed by atoms with Crippen LogP contribution in [0.2, 0.25) is 0 Å². The zero-order valence-electron chi connectivity index (χ0n) is 11.2. The van der Waals surface area contributed by atoms with Gasteiger partial charge in [-0.2, -0.15) is 0 Å². The molecule has 0 unspecified atom stereocenters. The minimum atomic E-state index is -1.03. The number of nitrogens with zero attached hydrogens (tertiary/aromatic N) is 1. The van der Waals surface area contributed by atoms with Crippen molar-refractivity contribution in [2.75, 3.05) is 19.6 Å². The number of rotatable bonds is 4. The van der Waals surface area contributed by atoms with Gasteiger partial charge in [-0.25, -0.2) is 8.78 Å². The molecule has 0 bridgehead atoms. The maximum Gasteiger partial charge on any atom is 0.169 e. The Balaban J connectivity index is 1.89. The summed E-state index contributed by atoms with van der Waals surface area (Å²) in [6.07, 6.45) is 2.53. The molecular formula is C15H19F2NO. The molecule has 4 heteroatoms. The Morgan fingerprint density at radius 2 is 2.00 bits per heavy atom. The van der Waals surface area contributed by atoms with E-state index < -0.39 is 11.6 Å². The van der Waals surface area contributed by atoms with Gasteiger partial charge in [0.15, 0.2) is 17.4 Å². The molecule has 1 heterocycles. The molecule has 0 radical (unpaired) electrons. The summed E-state index contributed by atoms with van der Waals surface area (Å²) in [6.45, 7) is 4.83. The Morgan fingerprint density at radius 1 is 1.32 bits per heavy atom. The predicted octanol–water partition coefficient (Wildman–Crippen LogP) is 3.27. The highest BCUT2D eigenvalue weighted by Crippen LogP contribution is 2.17. The van der Waals surface area contributed by atoms with Gasteiger partial charge in [-0.3, -0.25) is 4.79 Å². The molecule has 0 amide bonds. The van der Waals surface area contributed by atoms with Crippen LogP contribution >= 0.6 is 0 Å². The van der Waals surface area contributed by atoms with Crippen molar-refractivity contribution in [2.45, 2.75) is 26.2 Å². The van der Waals surface area contributed by atoms with Crippen LogP contribution in [0.3, 0.4) is 0 Å². The molecule has 0 spiro atoms. The van der Waals surface area contributed by atoms with Crippen molar-refractivity contribution in [1.29, 1.82) is 0 Å². The van der Waals surface area contributed by atoms with Gasteiger partial charge >= 0.3 is 0 Å². The Labute approximate surface area is 112 Å². The molecule has 19 heavy (non-hydrogen) atoms. The molecular weight excluding hydrogens is 248 g/mol. The van der Waals surface area contributed by atoms with E-state index in [2.05, 4.69) is 11.8 Å². The van der Waals surface area contributed by atoms with E-state index in [-0.39, 0.29) is 17.8 Å². The van der Waals surface area contributed by atoms with Crippen LogP contribution in [0.25, 0.3) is 0 Å². The van der Waals surface area contributed by atoms with E-state index in [0.29, 0.717) is 6.54 Å². The minimum Gasteiger partial charge on any atom is -0.303 e. The summed E-state index contributed by atoms with van der Waals surface area (Å²) in [5.41, 5.74) is -0.134. The van der Waals surface area contributed by atoms with Gasteiger partial charge in [0.25, 0.3) is 0 Å². The summed E-state index contributed by atoms with van der Waals surface area (Å²) < 4.78 is 26.5. The molecule has 1 aliphatic heterocycles. The summed E-state index contributed by atoms with van der Waals surface area (Å²) >= 11 is 0. The van der Waals surface area contributed by atoms with Gasteiger partial charge in [0, 0.05) is 13.0 Å². The van der Waals surface area contributed by atoms with E-state index in [0.717, 1.165) is 37.9 Å². The third kappa shape index (κ3) is 3.60. The molecule has 1 fully saturated rings. The Kier molecular flexibility index (Phi) is 4.64. The summed E-state index contributed by atoms with van der Waals surface area (Å²) in [5.74, 6) is -1.57. The van der Waals surface area contributed by atoms with Gasteiger partial charge in [-0.1, -0.05) is 13.0 Å². The fourth-order valence-corrected chi connectivity index (χ4v) is 2.40. The van der Waals surface area contributed by atoms with Gasteiger partial charge in [0.05, 0.1) is 5.56 Å². The lowest BCUT2D eigenvalue weighted by atomic mass is 9.99. The van der Waals surface area contributed by atoms with Crippen molar-refractivity contribution in [3.8, 4) is 0 Å². The molecule has 2 nitrogen and oxygen atoms in total. The van der Waals surface area contributed by atoms with E-state index in [1.165, 1.54) is 12.1 Å². The van der Waals surface area contributed by atoms with Crippen LogP contribution < -0.4 is 0 Å². The normalized spacial score (nSPS) is 17.6. The fraction of sp³-hybridized carbons (Fsp3) is 0.533. The standard InChI is InChI=1S/C15H19F2NO/c1-11-5-8-18(9-6-11)10-7-14(19)12-3-2-4-13(16)15(12)17/h2-4,11H,5-10H2,1H3. The molecule has 0 aliphatic carbocycles. The molecule has 0 saturated carbocycles. The summed E-state index contributed by atoms with van der Waals surface area (Å²) in [7, 11) is 0. The van der Waals surface area contributed by atoms with Gasteiger partial charge < -0.3 is 4.90 Å². The molecule has 0 aromatic heterocycles. The Hall–Kier alpha value is -1.29. The third-order valence-corrected chi connectivity index (χ3v) is 3.78. The number of hydrogen-bond acceptors (Lipinski definition) is 2. The van der Waals surface area contributed by atoms with Crippen molar-refractivity contribution >= 4 is 5.78 Å². The molecule has 1 saturated heterocycles. The van der Waals surface area contributed by atoms with Crippen molar-refractivity contribution in [3.63, 3.8) is 0 Å². The summed E-state index contributed by atoms with van der Waals surface area (Å²) in [6, 6.07) is 3.74. The minimum absolute atomic E-state index is 0.134. The van der Waals surface area contributed by atoms with Gasteiger partial charge in [-0.05, 0) is 44.0 Å². The summed E-state index contributed by atoms with van der Waals surface area (Å²) in [5, 5.41) is 0. The average molecular weight is 267 g/mol. The molecule has 1 aromatic carbocycles. The number of carbonyl (C=O) groups excluding carboxylic acids is 1. The smallest absolute Gasteiger partial charge is 0.169 e. The van der Waals surface area contributed by atoms with E-state index >= 15 is 0 Å². The van der Waals surface area contributed by atoms with Gasteiger partial charge in [0.2, 0.25) is 0 Å². The first-order chi connectivity index (χ1) is 9.08. The summed E-state index contributed by atoms with van der Waals surface area (Å²) in [4.78, 5) is 14.1. The van der Waals surface area contributed by atoms with Crippen LogP contribution in [0.1, 0.15) is 36.5 Å². The van der Waals surface area contributed by atoms with Crippen molar-refractivity contribution in [3.05, 3.63) is 35.4 Å². The van der Waals surface area contributed by atoms with Crippen LogP contribution in [0.4, 0.5) is 8.78 Å². The number of Topliss-reactive ketones (excluding diaryl/α,β-unsaturated/α-hetero) is 1. The molecule has 0 N–H and O–H groups in total. The number of benzene rings is 1. The maximum atomic E-state index is 13.5. The van der Waals surface area contributed by atoms with Crippen LogP contribution in [0.15, 0.2) is 18.2 Å². The van der Waals surface area contributed by atoms with Crippen LogP contribution in [-0.4, -0.2) is 30.3 Å². The number of ketones is 1. The topological polar surface area (TPSA) is 20.3 Å². The highest BCUT2D eigenvalue weighted by atomic mass is 19.2. The van der Waals surface area contributed by atoms with E-state index in [4.69, 9.17) is 0 Å². The first kappa shape index (κ1) is 14.1. The van der Waals surface area contributed by atoms with Gasteiger partial charge in [-0.15, -0.1) is 0 Å². The van der Waals surface area contributed by atoms with Crippen molar-refractivity contribution in [2.24, 2.45) is 5.92 Å². The second-order valence-corrected chi connectivity index (χ2v) is 5.30. The van der Waals surface area contributed by atoms with E-state index in [9.17, 15) is 13.6 Å². The lowest BCUT2D eigenvalue weighted by Crippen LogP contribution is -2.34. The second kappa shape index (κ2) is 6.24. The maximum absolute atomic E-state index is 13.5. The van der Waals surface area contributed by atoms with E-state index in [1.54, 1.807) is 0 Å². The molecule has 104 valence electrons. The number of hydrogen-bond donors (Lipinski definition) is 0. The zero-order chi connectivity index (χ0) is 13.8. The largest absolute Gasteiger partial charge is 0.303 e. The first-order valence-electron chi connectivity index (χ1n) is 6.77. The van der Waals surface area contributed by atoms with Crippen LogP contribution in [0.5, 0.6) is 0 Å². The van der Waals surface area contributed by atoms with Crippen molar-refractivity contribution < 1.29 is 13.6 Å². The quantitative estimate of drug-likeness (QED) is 0.780. The molecule has 2 rings (SSSR count). The highest BCUT2D eigenvalue weighted by molar-refractivity contribution is 5.96. The monoisotopic (exact) mass is 267 g/mol. The number of carbonyl (C=O) groups is 1. The lowest BCUT2D eigenvalue weighted by molar-refractivity contribution is 0.0948. The number of piperidine rings is 1. The van der Waals surface area contributed by atoms with Gasteiger partial charge in [0.1, 0.15) is 0 Å². The lowest BCUT2D eigenvalue weighted by Gasteiger charge is -2.29. The first-order valence-corrected chi connectivity index (χ1v) is 6.77. The second-order valence-electron chi connectivity index (χ2n) is 5.30. The highest BCUT2D eigenvalue weighted by Gasteiger charge is 2.19. The van der Waals surface area contributed by atoms with E-state index in [1.807, 2.05) is 0 Å². The molecule has 0 atom stereocenters. The molecule has 1 aromatic rings. The van der Waals surface area contributed by atoms with Crippen LogP contribution in [0, 0.1) is 17.6 Å². The number of halogens is 2. The zero-order valence-corrected chi connectivity index (χ0v) is 11.2. The Bertz CT molecular complexity index is 453.